The molecule has 1 aromatic heterocycles. The SMILES string of the molecule is C[C@H](C(=O)N(C)C)S(=O)(=O)Nc1cncnc1-c1ccccc1. The average Bonchev–Trinajstić information content (AvgIpc) is 2.54. The van der Waals surface area contributed by atoms with Crippen LogP contribution >= 0.6 is 0 Å². The molecule has 0 saturated carbocycles. The first-order chi connectivity index (χ1) is 10.8. The molecular formula is C15H18N4O3S. The molecule has 0 aliphatic heterocycles. The van der Waals surface area contributed by atoms with Crippen LogP contribution < -0.4 is 4.72 Å². The second-order valence-electron chi connectivity index (χ2n) is 5.17. The average molecular weight is 334 g/mol. The fourth-order valence-electron chi connectivity index (χ4n) is 1.97. The summed E-state index contributed by atoms with van der Waals surface area (Å²) in [4.78, 5) is 21.1. The minimum Gasteiger partial charge on any atom is -0.348 e. The molecule has 1 atom stereocenters. The lowest BCUT2D eigenvalue weighted by Gasteiger charge is -2.19. The number of carbonyl (C=O) groups is 1. The lowest BCUT2D eigenvalue weighted by atomic mass is 10.1. The van der Waals surface area contributed by atoms with E-state index >= 15 is 0 Å². The van der Waals surface area contributed by atoms with Crippen LogP contribution in [0.15, 0.2) is 42.9 Å². The van der Waals surface area contributed by atoms with Gasteiger partial charge in [0, 0.05) is 19.7 Å². The number of anilines is 1. The lowest BCUT2D eigenvalue weighted by molar-refractivity contribution is -0.127. The predicted octanol–water partition coefficient (Wildman–Crippen LogP) is 1.36. The van der Waals surface area contributed by atoms with Crippen molar-refractivity contribution in [3.05, 3.63) is 42.9 Å². The van der Waals surface area contributed by atoms with Gasteiger partial charge in [0.15, 0.2) is 5.25 Å². The maximum atomic E-state index is 12.4. The highest BCUT2D eigenvalue weighted by Crippen LogP contribution is 2.25. The van der Waals surface area contributed by atoms with Gasteiger partial charge in [-0.2, -0.15) is 0 Å². The summed E-state index contributed by atoms with van der Waals surface area (Å²) in [6.07, 6.45) is 2.72. The van der Waals surface area contributed by atoms with Gasteiger partial charge in [0.25, 0.3) is 0 Å². The van der Waals surface area contributed by atoms with Gasteiger partial charge in [-0.1, -0.05) is 30.3 Å². The molecule has 1 amide bonds. The Labute approximate surface area is 135 Å². The van der Waals surface area contributed by atoms with Crippen LogP contribution in [0.4, 0.5) is 5.69 Å². The van der Waals surface area contributed by atoms with Crippen molar-refractivity contribution in [2.45, 2.75) is 12.2 Å². The molecule has 1 N–H and O–H groups in total. The van der Waals surface area contributed by atoms with Gasteiger partial charge in [0.2, 0.25) is 15.9 Å². The van der Waals surface area contributed by atoms with Crippen LogP contribution in [0.25, 0.3) is 11.3 Å². The summed E-state index contributed by atoms with van der Waals surface area (Å²) in [6, 6.07) is 9.14. The van der Waals surface area contributed by atoms with Crippen molar-refractivity contribution in [3.8, 4) is 11.3 Å². The van der Waals surface area contributed by atoms with Crippen LogP contribution in [0.3, 0.4) is 0 Å². The summed E-state index contributed by atoms with van der Waals surface area (Å²) in [6.45, 7) is 1.34. The molecule has 7 nitrogen and oxygen atoms in total. The molecule has 1 heterocycles. The third kappa shape index (κ3) is 3.84. The number of benzene rings is 1. The van der Waals surface area contributed by atoms with Gasteiger partial charge in [-0.05, 0) is 6.92 Å². The van der Waals surface area contributed by atoms with E-state index in [9.17, 15) is 13.2 Å². The number of nitrogens with one attached hydrogen (secondary N) is 1. The summed E-state index contributed by atoms with van der Waals surface area (Å²) in [5.74, 6) is -0.504. The molecule has 23 heavy (non-hydrogen) atoms. The molecule has 0 saturated heterocycles. The summed E-state index contributed by atoms with van der Waals surface area (Å²) in [5.41, 5.74) is 1.44. The van der Waals surface area contributed by atoms with Crippen LogP contribution in [0.1, 0.15) is 6.92 Å². The smallest absolute Gasteiger partial charge is 0.244 e. The Morgan fingerprint density at radius 2 is 1.87 bits per heavy atom. The summed E-state index contributed by atoms with van der Waals surface area (Å²) in [7, 11) is -0.891. The van der Waals surface area contributed by atoms with E-state index in [1.165, 1.54) is 38.4 Å². The number of hydrogen-bond acceptors (Lipinski definition) is 5. The molecule has 0 bridgehead atoms. The molecule has 0 fully saturated rings. The molecule has 0 aliphatic carbocycles. The number of nitrogens with zero attached hydrogens (tertiary/aromatic N) is 3. The first-order valence-electron chi connectivity index (χ1n) is 6.91. The van der Waals surface area contributed by atoms with E-state index in [1.807, 2.05) is 30.3 Å². The van der Waals surface area contributed by atoms with Gasteiger partial charge >= 0.3 is 0 Å². The minimum absolute atomic E-state index is 0.233. The standard InChI is InChI=1S/C15H18N4O3S/c1-11(15(20)19(2)3)23(21,22)18-13-9-16-10-17-14(13)12-7-5-4-6-8-12/h4-11,18H,1-3H3/t11-/m1/s1. The minimum atomic E-state index is -3.91. The second kappa shape index (κ2) is 6.74. The van der Waals surface area contributed by atoms with Crippen molar-refractivity contribution < 1.29 is 13.2 Å². The largest absolute Gasteiger partial charge is 0.348 e. The Morgan fingerprint density at radius 3 is 2.48 bits per heavy atom. The van der Waals surface area contributed by atoms with Gasteiger partial charge in [0.1, 0.15) is 6.33 Å². The Hall–Kier alpha value is -2.48. The zero-order chi connectivity index (χ0) is 17.0. The maximum Gasteiger partial charge on any atom is 0.244 e. The molecule has 0 radical (unpaired) electrons. The Kier molecular flexibility index (Phi) is 4.95. The third-order valence-electron chi connectivity index (χ3n) is 3.27. The van der Waals surface area contributed by atoms with E-state index in [2.05, 4.69) is 14.7 Å². The zero-order valence-corrected chi connectivity index (χ0v) is 13.9. The lowest BCUT2D eigenvalue weighted by Crippen LogP contribution is -2.39. The maximum absolute atomic E-state index is 12.4. The Morgan fingerprint density at radius 1 is 1.22 bits per heavy atom. The highest BCUT2D eigenvalue weighted by molar-refractivity contribution is 7.94. The first-order valence-corrected chi connectivity index (χ1v) is 8.46. The van der Waals surface area contributed by atoms with E-state index in [0.717, 1.165) is 5.56 Å². The zero-order valence-electron chi connectivity index (χ0n) is 13.1. The van der Waals surface area contributed by atoms with E-state index in [0.29, 0.717) is 5.69 Å². The molecule has 2 aromatic rings. The fourth-order valence-corrected chi connectivity index (χ4v) is 3.08. The topological polar surface area (TPSA) is 92.3 Å². The van der Waals surface area contributed by atoms with E-state index in [-0.39, 0.29) is 5.69 Å². The second-order valence-corrected chi connectivity index (χ2v) is 7.17. The van der Waals surface area contributed by atoms with Crippen LogP contribution in [0.5, 0.6) is 0 Å². The van der Waals surface area contributed by atoms with Crippen molar-refractivity contribution in [2.24, 2.45) is 0 Å². The Balaban J connectivity index is 2.36. The van der Waals surface area contributed by atoms with Crippen LogP contribution in [-0.2, 0) is 14.8 Å². The molecule has 2 rings (SSSR count). The molecule has 0 unspecified atom stereocenters. The quantitative estimate of drug-likeness (QED) is 0.891. The monoisotopic (exact) mass is 334 g/mol. The number of sulfonamides is 1. The molecule has 1 aromatic carbocycles. The van der Waals surface area contributed by atoms with Crippen molar-refractivity contribution >= 4 is 21.6 Å². The summed E-state index contributed by atoms with van der Waals surface area (Å²) < 4.78 is 27.3. The van der Waals surface area contributed by atoms with Gasteiger partial charge < -0.3 is 4.90 Å². The van der Waals surface area contributed by atoms with Gasteiger partial charge in [0.05, 0.1) is 17.6 Å². The number of rotatable bonds is 5. The van der Waals surface area contributed by atoms with Gasteiger partial charge in [-0.3, -0.25) is 9.52 Å². The highest BCUT2D eigenvalue weighted by Gasteiger charge is 2.30. The Bertz CT molecular complexity index is 791. The number of aromatic nitrogens is 2. The third-order valence-corrected chi connectivity index (χ3v) is 4.90. The van der Waals surface area contributed by atoms with Crippen molar-refractivity contribution in [1.82, 2.24) is 14.9 Å². The molecule has 0 aliphatic rings. The molecule has 0 spiro atoms. The predicted molar refractivity (Wildman–Crippen MR) is 88.2 cm³/mol. The number of hydrogen-bond donors (Lipinski definition) is 1. The van der Waals surface area contributed by atoms with Gasteiger partial charge in [-0.15, -0.1) is 0 Å². The normalized spacial score (nSPS) is 12.5. The summed E-state index contributed by atoms with van der Waals surface area (Å²) in [5, 5.41) is -1.22. The number of amides is 1. The molecule has 122 valence electrons. The van der Waals surface area contributed by atoms with Crippen molar-refractivity contribution in [2.75, 3.05) is 18.8 Å². The summed E-state index contributed by atoms with van der Waals surface area (Å²) >= 11 is 0. The fraction of sp³-hybridized carbons (Fsp3) is 0.267. The van der Waals surface area contributed by atoms with Crippen molar-refractivity contribution in [1.29, 1.82) is 0 Å². The van der Waals surface area contributed by atoms with Crippen LogP contribution in [-0.4, -0.2) is 48.5 Å². The molecule has 8 heteroatoms. The number of carbonyl (C=O) groups excluding carboxylic acids is 1. The van der Waals surface area contributed by atoms with Crippen LogP contribution in [0, 0.1) is 0 Å². The van der Waals surface area contributed by atoms with E-state index < -0.39 is 21.2 Å². The van der Waals surface area contributed by atoms with E-state index in [1.54, 1.807) is 0 Å². The van der Waals surface area contributed by atoms with Crippen molar-refractivity contribution in [3.63, 3.8) is 0 Å². The highest BCUT2D eigenvalue weighted by atomic mass is 32.2. The van der Waals surface area contributed by atoms with E-state index in [4.69, 9.17) is 0 Å². The van der Waals surface area contributed by atoms with Crippen LogP contribution in [0.2, 0.25) is 0 Å². The van der Waals surface area contributed by atoms with Gasteiger partial charge in [-0.25, -0.2) is 18.4 Å². The molecular weight excluding hydrogens is 316 g/mol. The first kappa shape index (κ1) is 16.9.